The maximum absolute atomic E-state index is 13.1. The van der Waals surface area contributed by atoms with E-state index in [1.165, 1.54) is 11.8 Å². The maximum atomic E-state index is 13.1. The lowest BCUT2D eigenvalue weighted by molar-refractivity contribution is -0.129. The van der Waals surface area contributed by atoms with E-state index >= 15 is 0 Å². The summed E-state index contributed by atoms with van der Waals surface area (Å²) in [5.74, 6) is -0.878. The van der Waals surface area contributed by atoms with Gasteiger partial charge in [-0.3, -0.25) is 9.59 Å². The Morgan fingerprint density at radius 2 is 1.63 bits per heavy atom. The Bertz CT molecular complexity index is 1140. The summed E-state index contributed by atoms with van der Waals surface area (Å²) in [4.78, 5) is 26.5. The SMILES string of the molecule is CC(=O)N1C=Cc2ccccc2C1CC(=O)NS(=O)(=O)c1c(C)c(C)cc(C)c1C. The van der Waals surface area contributed by atoms with Crippen molar-refractivity contribution in [1.29, 1.82) is 0 Å². The van der Waals surface area contributed by atoms with Crippen molar-refractivity contribution < 1.29 is 18.0 Å². The number of amides is 2. The molecule has 6 nitrogen and oxygen atoms in total. The molecule has 0 bridgehead atoms. The maximum Gasteiger partial charge on any atom is 0.264 e. The molecular weight excluding hydrogens is 400 g/mol. The Morgan fingerprint density at radius 1 is 1.03 bits per heavy atom. The van der Waals surface area contributed by atoms with E-state index in [4.69, 9.17) is 0 Å². The van der Waals surface area contributed by atoms with Gasteiger partial charge in [0, 0.05) is 13.1 Å². The molecule has 1 aliphatic heterocycles. The van der Waals surface area contributed by atoms with Crippen LogP contribution >= 0.6 is 0 Å². The first kappa shape index (κ1) is 21.8. The van der Waals surface area contributed by atoms with Crippen molar-refractivity contribution in [3.05, 3.63) is 69.9 Å². The second kappa shape index (κ2) is 8.07. The van der Waals surface area contributed by atoms with E-state index in [-0.39, 0.29) is 17.2 Å². The zero-order chi connectivity index (χ0) is 22.2. The summed E-state index contributed by atoms with van der Waals surface area (Å²) in [6, 6.07) is 8.81. The number of benzene rings is 2. The molecule has 2 amide bonds. The highest BCUT2D eigenvalue weighted by Gasteiger charge is 2.31. The molecule has 30 heavy (non-hydrogen) atoms. The number of fused-ring (bicyclic) bond motifs is 1. The van der Waals surface area contributed by atoms with Crippen molar-refractivity contribution >= 4 is 27.9 Å². The summed E-state index contributed by atoms with van der Waals surface area (Å²) in [6.45, 7) is 8.58. The molecule has 0 saturated carbocycles. The first-order chi connectivity index (χ1) is 14.0. The van der Waals surface area contributed by atoms with Crippen LogP contribution in [0.15, 0.2) is 41.4 Å². The summed E-state index contributed by atoms with van der Waals surface area (Å²) in [7, 11) is -4.05. The zero-order valence-corrected chi connectivity index (χ0v) is 18.6. The van der Waals surface area contributed by atoms with Gasteiger partial charge in [-0.25, -0.2) is 13.1 Å². The molecule has 158 valence electrons. The van der Waals surface area contributed by atoms with Crippen LogP contribution in [0, 0.1) is 27.7 Å². The normalized spacial score (nSPS) is 15.6. The fraction of sp³-hybridized carbons (Fsp3) is 0.304. The molecule has 1 atom stereocenters. The molecule has 0 aliphatic carbocycles. The van der Waals surface area contributed by atoms with Gasteiger partial charge >= 0.3 is 0 Å². The van der Waals surface area contributed by atoms with Crippen molar-refractivity contribution in [2.24, 2.45) is 0 Å². The lowest BCUT2D eigenvalue weighted by Crippen LogP contribution is -2.37. The molecule has 0 spiro atoms. The number of nitrogens with one attached hydrogen (secondary N) is 1. The lowest BCUT2D eigenvalue weighted by Gasteiger charge is -2.32. The van der Waals surface area contributed by atoms with Gasteiger partial charge in [0.25, 0.3) is 10.0 Å². The van der Waals surface area contributed by atoms with Gasteiger partial charge in [0.1, 0.15) is 0 Å². The highest BCUT2D eigenvalue weighted by molar-refractivity contribution is 7.90. The van der Waals surface area contributed by atoms with Gasteiger partial charge < -0.3 is 4.90 Å². The van der Waals surface area contributed by atoms with Gasteiger partial charge in [-0.15, -0.1) is 0 Å². The largest absolute Gasteiger partial charge is 0.311 e. The van der Waals surface area contributed by atoms with E-state index in [0.29, 0.717) is 11.1 Å². The third-order valence-corrected chi connectivity index (χ3v) is 7.31. The Labute approximate surface area is 177 Å². The van der Waals surface area contributed by atoms with Crippen molar-refractivity contribution in [3.63, 3.8) is 0 Å². The smallest absolute Gasteiger partial charge is 0.264 e. The molecule has 1 aliphatic rings. The number of sulfonamides is 1. The van der Waals surface area contributed by atoms with Gasteiger partial charge in [0.15, 0.2) is 0 Å². The summed E-state index contributed by atoms with van der Waals surface area (Å²) in [5.41, 5.74) is 4.64. The van der Waals surface area contributed by atoms with Crippen LogP contribution in [-0.2, 0) is 19.6 Å². The number of rotatable bonds is 4. The standard InChI is InChI=1S/C23H26N2O4S/c1-14-12-15(2)17(4)23(16(14)3)30(28,29)24-22(27)13-21-20-9-7-6-8-19(20)10-11-25(21)18(5)26/h6-12,21H,13H2,1-5H3,(H,24,27). The van der Waals surface area contributed by atoms with Crippen LogP contribution < -0.4 is 4.72 Å². The highest BCUT2D eigenvalue weighted by Crippen LogP contribution is 2.33. The van der Waals surface area contributed by atoms with E-state index < -0.39 is 22.0 Å². The topological polar surface area (TPSA) is 83.6 Å². The summed E-state index contributed by atoms with van der Waals surface area (Å²) in [6.07, 6.45) is 3.28. The minimum atomic E-state index is -4.05. The van der Waals surface area contributed by atoms with Crippen LogP contribution in [0.1, 0.15) is 52.8 Å². The van der Waals surface area contributed by atoms with E-state index in [1.807, 2.05) is 50.3 Å². The van der Waals surface area contributed by atoms with Crippen molar-refractivity contribution in [3.8, 4) is 0 Å². The molecule has 3 rings (SSSR count). The minimum Gasteiger partial charge on any atom is -0.311 e. The third-order valence-electron chi connectivity index (χ3n) is 5.66. The average molecular weight is 427 g/mol. The Morgan fingerprint density at radius 3 is 2.23 bits per heavy atom. The molecule has 1 unspecified atom stereocenters. The lowest BCUT2D eigenvalue weighted by atomic mass is 9.94. The van der Waals surface area contributed by atoms with Crippen LogP contribution in [-0.4, -0.2) is 25.1 Å². The number of carbonyl (C=O) groups is 2. The monoisotopic (exact) mass is 426 g/mol. The molecule has 1 heterocycles. The van der Waals surface area contributed by atoms with Gasteiger partial charge in [-0.2, -0.15) is 0 Å². The minimum absolute atomic E-state index is 0.140. The van der Waals surface area contributed by atoms with E-state index in [2.05, 4.69) is 4.72 Å². The first-order valence-electron chi connectivity index (χ1n) is 9.72. The second-order valence-electron chi connectivity index (χ2n) is 7.71. The van der Waals surface area contributed by atoms with Crippen molar-refractivity contribution in [2.45, 2.75) is 52.0 Å². The molecule has 2 aromatic carbocycles. The van der Waals surface area contributed by atoms with Crippen LogP contribution in [0.3, 0.4) is 0 Å². The molecule has 0 aromatic heterocycles. The molecule has 1 N–H and O–H groups in total. The van der Waals surface area contributed by atoms with Crippen molar-refractivity contribution in [1.82, 2.24) is 9.62 Å². The Kier molecular flexibility index (Phi) is 5.85. The molecule has 2 aromatic rings. The summed E-state index contributed by atoms with van der Waals surface area (Å²) in [5, 5.41) is 0. The Balaban J connectivity index is 1.91. The predicted octanol–water partition coefficient (Wildman–Crippen LogP) is 3.69. The first-order valence-corrected chi connectivity index (χ1v) is 11.2. The molecule has 0 saturated heterocycles. The number of carbonyl (C=O) groups excluding carboxylic acids is 2. The number of hydrogen-bond donors (Lipinski definition) is 1. The van der Waals surface area contributed by atoms with Crippen molar-refractivity contribution in [2.75, 3.05) is 0 Å². The van der Waals surface area contributed by atoms with E-state index in [1.54, 1.807) is 20.0 Å². The second-order valence-corrected chi connectivity index (χ2v) is 9.33. The highest BCUT2D eigenvalue weighted by atomic mass is 32.2. The Hall–Kier alpha value is -2.93. The van der Waals surface area contributed by atoms with Gasteiger partial charge in [0.05, 0.1) is 17.4 Å². The average Bonchev–Trinajstić information content (AvgIpc) is 2.66. The molecule has 7 heteroatoms. The van der Waals surface area contributed by atoms with Crippen LogP contribution in [0.25, 0.3) is 6.08 Å². The zero-order valence-electron chi connectivity index (χ0n) is 17.8. The predicted molar refractivity (Wildman–Crippen MR) is 116 cm³/mol. The van der Waals surface area contributed by atoms with E-state index in [0.717, 1.165) is 22.3 Å². The third kappa shape index (κ3) is 4.03. The molecular formula is C23H26N2O4S. The fourth-order valence-corrected chi connectivity index (χ4v) is 5.53. The number of nitrogens with zero attached hydrogens (tertiary/aromatic N) is 1. The van der Waals surface area contributed by atoms with Gasteiger partial charge in [0.2, 0.25) is 11.8 Å². The summed E-state index contributed by atoms with van der Waals surface area (Å²) < 4.78 is 28.3. The van der Waals surface area contributed by atoms with Crippen LogP contribution in [0.4, 0.5) is 0 Å². The number of aryl methyl sites for hydroxylation is 2. The van der Waals surface area contributed by atoms with Gasteiger partial charge in [-0.1, -0.05) is 30.3 Å². The fourth-order valence-electron chi connectivity index (χ4n) is 3.92. The van der Waals surface area contributed by atoms with Gasteiger partial charge in [-0.05, 0) is 67.2 Å². The van der Waals surface area contributed by atoms with Crippen LogP contribution in [0.5, 0.6) is 0 Å². The van der Waals surface area contributed by atoms with Crippen LogP contribution in [0.2, 0.25) is 0 Å². The van der Waals surface area contributed by atoms with E-state index in [9.17, 15) is 18.0 Å². The number of hydrogen-bond acceptors (Lipinski definition) is 4. The quantitative estimate of drug-likeness (QED) is 0.808. The summed E-state index contributed by atoms with van der Waals surface area (Å²) >= 11 is 0. The molecule has 0 fully saturated rings. The molecule has 0 radical (unpaired) electrons.